The van der Waals surface area contributed by atoms with Crippen molar-refractivity contribution in [3.63, 3.8) is 0 Å². The maximum absolute atomic E-state index is 13.1. The molecule has 3 aromatic rings. The lowest BCUT2D eigenvalue weighted by Crippen LogP contribution is -2.54. The molecule has 0 bridgehead atoms. The molecule has 2 aromatic carbocycles. The van der Waals surface area contributed by atoms with Gasteiger partial charge in [0.15, 0.2) is 6.23 Å². The van der Waals surface area contributed by atoms with Crippen LogP contribution in [0.25, 0.3) is 21.5 Å². The fraction of sp³-hybridized carbons (Fsp3) is 0.368. The number of nitrogens with zero attached hydrogens (tertiary/aromatic N) is 2. The van der Waals surface area contributed by atoms with Gasteiger partial charge in [-0.2, -0.15) is 0 Å². The number of hydrogen-bond acceptors (Lipinski definition) is 4. The fourth-order valence-electron chi connectivity index (χ4n) is 3.71. The van der Waals surface area contributed by atoms with Crippen molar-refractivity contribution >= 4 is 21.5 Å². The Kier molecular flexibility index (Phi) is 3.56. The Labute approximate surface area is 143 Å². The number of aliphatic hydroxyl groups is 1. The minimum atomic E-state index is -1.21. The summed E-state index contributed by atoms with van der Waals surface area (Å²) in [6.45, 7) is 4.36. The van der Waals surface area contributed by atoms with Crippen LogP contribution >= 0.6 is 0 Å². The maximum Gasteiger partial charge on any atom is 0.275 e. The third kappa shape index (κ3) is 2.25. The summed E-state index contributed by atoms with van der Waals surface area (Å²) in [7, 11) is 0. The lowest BCUT2D eigenvalue weighted by molar-refractivity contribution is -0.172. The van der Waals surface area contributed by atoms with Gasteiger partial charge < -0.3 is 9.84 Å². The van der Waals surface area contributed by atoms with E-state index in [4.69, 9.17) is 4.74 Å². The van der Waals surface area contributed by atoms with Crippen LogP contribution in [-0.2, 0) is 11.3 Å². The Balaban J connectivity index is 2.07. The van der Waals surface area contributed by atoms with Gasteiger partial charge in [-0.25, -0.2) is 9.36 Å². The molecular formula is C19H20N2O4. The number of rotatable bonds is 2. The quantitative estimate of drug-likeness (QED) is 0.724. The molecule has 1 aromatic heterocycles. The van der Waals surface area contributed by atoms with E-state index in [1.165, 1.54) is 4.68 Å². The molecule has 2 atom stereocenters. The van der Waals surface area contributed by atoms with E-state index in [9.17, 15) is 14.7 Å². The van der Waals surface area contributed by atoms with E-state index in [0.717, 1.165) is 15.5 Å². The van der Waals surface area contributed by atoms with Gasteiger partial charge in [-0.05, 0) is 36.8 Å². The molecule has 6 nitrogen and oxygen atoms in total. The Hall–Kier alpha value is -2.44. The number of benzene rings is 2. The Morgan fingerprint density at radius 3 is 2.36 bits per heavy atom. The lowest BCUT2D eigenvalue weighted by Gasteiger charge is -2.40. The van der Waals surface area contributed by atoms with Crippen molar-refractivity contribution in [3.8, 4) is 0 Å². The van der Waals surface area contributed by atoms with E-state index >= 15 is 0 Å². The first-order valence-corrected chi connectivity index (χ1v) is 8.46. The number of ether oxygens (including phenoxy) is 1. The summed E-state index contributed by atoms with van der Waals surface area (Å²) >= 11 is 0. The van der Waals surface area contributed by atoms with Gasteiger partial charge in [-0.3, -0.25) is 9.59 Å². The molecule has 1 aliphatic rings. The molecule has 6 heteroatoms. The summed E-state index contributed by atoms with van der Waals surface area (Å²) in [6.07, 6.45) is -0.752. The molecule has 130 valence electrons. The summed E-state index contributed by atoms with van der Waals surface area (Å²) in [5.74, 6) is 0. The molecule has 0 spiro atoms. The molecule has 1 N–H and O–H groups in total. The van der Waals surface area contributed by atoms with E-state index in [1.54, 1.807) is 19.1 Å². The zero-order valence-corrected chi connectivity index (χ0v) is 14.2. The van der Waals surface area contributed by atoms with Crippen molar-refractivity contribution < 1.29 is 9.84 Å². The van der Waals surface area contributed by atoms with Crippen molar-refractivity contribution in [1.29, 1.82) is 0 Å². The third-order valence-corrected chi connectivity index (χ3v) is 5.12. The molecule has 1 aliphatic heterocycles. The second-order valence-corrected chi connectivity index (χ2v) is 6.69. The Morgan fingerprint density at radius 2 is 1.76 bits per heavy atom. The number of aliphatic hydroxyl groups excluding tert-OH is 1. The van der Waals surface area contributed by atoms with Crippen molar-refractivity contribution in [2.45, 2.75) is 38.6 Å². The van der Waals surface area contributed by atoms with Gasteiger partial charge in [-0.1, -0.05) is 24.3 Å². The fourth-order valence-corrected chi connectivity index (χ4v) is 3.71. The Bertz CT molecular complexity index is 1100. The van der Waals surface area contributed by atoms with Crippen molar-refractivity contribution in [3.05, 3.63) is 57.1 Å². The second-order valence-electron chi connectivity index (χ2n) is 6.69. The number of fused-ring (bicyclic) bond motifs is 3. The summed E-state index contributed by atoms with van der Waals surface area (Å²) in [5.41, 5.74) is -1.54. The van der Waals surface area contributed by atoms with E-state index in [2.05, 4.69) is 0 Å². The number of hydrogen-bond donors (Lipinski definition) is 1. The molecule has 2 heterocycles. The van der Waals surface area contributed by atoms with Crippen molar-refractivity contribution in [2.75, 3.05) is 6.61 Å². The molecule has 0 saturated heterocycles. The van der Waals surface area contributed by atoms with Gasteiger partial charge in [-0.15, -0.1) is 0 Å². The van der Waals surface area contributed by atoms with Gasteiger partial charge in [0.2, 0.25) is 0 Å². The molecule has 4 rings (SSSR count). The molecule has 0 fully saturated rings. The first-order valence-electron chi connectivity index (χ1n) is 8.46. The minimum Gasteiger partial charge on any atom is -0.371 e. The van der Waals surface area contributed by atoms with Crippen LogP contribution in [0, 0.1) is 0 Å². The van der Waals surface area contributed by atoms with Gasteiger partial charge >= 0.3 is 0 Å². The predicted molar refractivity (Wildman–Crippen MR) is 95.9 cm³/mol. The van der Waals surface area contributed by atoms with Crippen LogP contribution in [0.3, 0.4) is 0 Å². The molecule has 0 amide bonds. The topological polar surface area (TPSA) is 73.5 Å². The van der Waals surface area contributed by atoms with Gasteiger partial charge in [0.05, 0.1) is 10.8 Å². The maximum atomic E-state index is 13.1. The van der Waals surface area contributed by atoms with E-state index in [1.807, 2.05) is 31.2 Å². The molecule has 25 heavy (non-hydrogen) atoms. The molecule has 0 radical (unpaired) electrons. The highest BCUT2D eigenvalue weighted by Gasteiger charge is 2.41. The first-order chi connectivity index (χ1) is 12.0. The van der Waals surface area contributed by atoms with Crippen LogP contribution in [0.1, 0.15) is 26.5 Å². The van der Waals surface area contributed by atoms with E-state index < -0.39 is 11.8 Å². The monoisotopic (exact) mass is 340 g/mol. The third-order valence-electron chi connectivity index (χ3n) is 5.12. The largest absolute Gasteiger partial charge is 0.371 e. The average molecular weight is 340 g/mol. The zero-order chi connectivity index (χ0) is 17.8. The van der Waals surface area contributed by atoms with Crippen LogP contribution in [0.4, 0.5) is 0 Å². The van der Waals surface area contributed by atoms with Crippen LogP contribution in [0.5, 0.6) is 0 Å². The second kappa shape index (κ2) is 5.54. The molecule has 0 aliphatic carbocycles. The van der Waals surface area contributed by atoms with Gasteiger partial charge in [0.25, 0.3) is 11.1 Å². The highest BCUT2D eigenvalue weighted by molar-refractivity contribution is 5.97. The standard InChI is InChI=1S/C19H20N2O4/c1-3-25-19(2)8-9-20-16(22)14-10-12-6-4-5-7-13(12)11-15(14)17(23)21(20)18(19)24/h4-7,10-11,18,24H,3,8-9H2,1-2H3/t18-,19+/m0/s1. The van der Waals surface area contributed by atoms with Gasteiger partial charge in [0.1, 0.15) is 5.60 Å². The lowest BCUT2D eigenvalue weighted by atomic mass is 9.97. The summed E-state index contributed by atoms with van der Waals surface area (Å²) < 4.78 is 8.18. The molecular weight excluding hydrogens is 320 g/mol. The normalized spacial score (nSPS) is 23.1. The van der Waals surface area contributed by atoms with Crippen LogP contribution in [0.2, 0.25) is 0 Å². The summed E-state index contributed by atoms with van der Waals surface area (Å²) in [4.78, 5) is 26.0. The number of aromatic nitrogens is 2. The van der Waals surface area contributed by atoms with Gasteiger partial charge in [0, 0.05) is 19.6 Å². The minimum absolute atomic E-state index is 0.266. The van der Waals surface area contributed by atoms with E-state index in [-0.39, 0.29) is 11.1 Å². The average Bonchev–Trinajstić information content (AvgIpc) is 2.61. The van der Waals surface area contributed by atoms with Crippen LogP contribution in [-0.4, -0.2) is 26.7 Å². The first kappa shape index (κ1) is 16.1. The predicted octanol–water partition coefficient (Wildman–Crippen LogP) is 2.01. The highest BCUT2D eigenvalue weighted by Crippen LogP contribution is 2.31. The smallest absolute Gasteiger partial charge is 0.275 e. The molecule has 0 saturated carbocycles. The molecule has 0 unspecified atom stereocenters. The van der Waals surface area contributed by atoms with E-state index in [0.29, 0.717) is 30.3 Å². The van der Waals surface area contributed by atoms with Crippen LogP contribution in [0.15, 0.2) is 46.0 Å². The highest BCUT2D eigenvalue weighted by atomic mass is 16.5. The Morgan fingerprint density at radius 1 is 1.16 bits per heavy atom. The van der Waals surface area contributed by atoms with Crippen molar-refractivity contribution in [1.82, 2.24) is 9.36 Å². The summed E-state index contributed by atoms with van der Waals surface area (Å²) in [6, 6.07) is 11.1. The zero-order valence-electron chi connectivity index (χ0n) is 14.2. The van der Waals surface area contributed by atoms with Crippen LogP contribution < -0.4 is 11.1 Å². The SMILES string of the molecule is CCO[C@]1(C)CCn2c(=O)c3cc4ccccc4cc3c(=O)n2[C@H]1O. The summed E-state index contributed by atoms with van der Waals surface area (Å²) in [5, 5.41) is 13.3. The van der Waals surface area contributed by atoms with Crippen molar-refractivity contribution in [2.24, 2.45) is 0 Å².